The minimum Gasteiger partial charge on any atom is -0.461 e. The van der Waals surface area contributed by atoms with Crippen LogP contribution in [0.3, 0.4) is 0 Å². The molecule has 7 nitrogen and oxygen atoms in total. The molecule has 0 fully saturated rings. The fraction of sp³-hybridized carbons (Fsp3) is 0.526. The lowest BCUT2D eigenvalue weighted by Gasteiger charge is -2.20. The summed E-state index contributed by atoms with van der Waals surface area (Å²) in [4.78, 5) is 12.2. The van der Waals surface area contributed by atoms with Crippen LogP contribution in [0.5, 0.6) is 5.75 Å². The zero-order valence-electron chi connectivity index (χ0n) is 16.2. The van der Waals surface area contributed by atoms with Gasteiger partial charge in [-0.3, -0.25) is 4.79 Å². The molecule has 1 aromatic carbocycles. The van der Waals surface area contributed by atoms with E-state index in [1.807, 2.05) is 6.92 Å². The van der Waals surface area contributed by atoms with Crippen LogP contribution in [0.2, 0.25) is 0 Å². The van der Waals surface area contributed by atoms with Gasteiger partial charge < -0.3 is 15.2 Å². The molecule has 8 heteroatoms. The van der Waals surface area contributed by atoms with Gasteiger partial charge in [0, 0.05) is 24.2 Å². The summed E-state index contributed by atoms with van der Waals surface area (Å²) < 4.78 is 30.9. The predicted molar refractivity (Wildman–Crippen MR) is 106 cm³/mol. The maximum Gasteiger partial charge on any atom is 0.224 e. The molecule has 0 saturated carbocycles. The number of hydrogen-bond acceptors (Lipinski definition) is 5. The molecule has 2 rings (SSSR count). The van der Waals surface area contributed by atoms with Gasteiger partial charge in [0.2, 0.25) is 22.2 Å². The van der Waals surface area contributed by atoms with Crippen molar-refractivity contribution in [2.45, 2.75) is 58.0 Å². The molecule has 1 heterocycles. The number of aliphatic hydroxyl groups is 1. The Morgan fingerprint density at radius 2 is 1.96 bits per heavy atom. The van der Waals surface area contributed by atoms with Gasteiger partial charge in [0.1, 0.15) is 5.75 Å². The second kappa shape index (κ2) is 8.41. The van der Waals surface area contributed by atoms with Gasteiger partial charge >= 0.3 is 0 Å². The highest BCUT2D eigenvalue weighted by Crippen LogP contribution is 2.32. The number of ether oxygens (including phenoxy) is 1. The highest BCUT2D eigenvalue weighted by Gasteiger charge is 2.28. The Bertz CT molecular complexity index is 825. The minimum absolute atomic E-state index is 0.127. The third-order valence-electron chi connectivity index (χ3n) is 4.35. The SMILES string of the molecule is Cc1c(NC(=O)CCCCNS(=O)(=O)C(C)(C)C)ccc2c1C=C[C@@H](O)O2. The molecular weight excluding hydrogens is 368 g/mol. The minimum atomic E-state index is -3.35. The van der Waals surface area contributed by atoms with Crippen LogP contribution in [0.25, 0.3) is 6.08 Å². The number of fused-ring (bicyclic) bond motifs is 1. The van der Waals surface area contributed by atoms with Gasteiger partial charge in [-0.05, 0) is 70.4 Å². The van der Waals surface area contributed by atoms with E-state index in [-0.39, 0.29) is 5.91 Å². The monoisotopic (exact) mass is 396 g/mol. The Morgan fingerprint density at radius 1 is 1.26 bits per heavy atom. The maximum atomic E-state index is 12.2. The van der Waals surface area contributed by atoms with Crippen LogP contribution in [0.15, 0.2) is 18.2 Å². The molecule has 0 aliphatic carbocycles. The van der Waals surface area contributed by atoms with Gasteiger partial charge in [-0.15, -0.1) is 0 Å². The number of aliphatic hydroxyl groups excluding tert-OH is 1. The standard InChI is InChI=1S/C19H28N2O5S/c1-13-14-8-11-18(23)26-16(14)10-9-15(13)21-17(22)7-5-6-12-20-27(24,25)19(2,3)4/h8-11,18,20,23H,5-7,12H2,1-4H3,(H,21,22)/t18-/m0/s1. The molecule has 1 aliphatic rings. The Hall–Kier alpha value is -1.90. The molecule has 1 aromatic rings. The number of amides is 1. The number of nitrogens with one attached hydrogen (secondary N) is 2. The van der Waals surface area contributed by atoms with E-state index in [1.54, 1.807) is 45.1 Å². The molecular formula is C19H28N2O5S. The molecule has 1 aliphatic heterocycles. The van der Waals surface area contributed by atoms with Crippen LogP contribution in [-0.4, -0.2) is 37.0 Å². The highest BCUT2D eigenvalue weighted by atomic mass is 32.2. The zero-order valence-corrected chi connectivity index (χ0v) is 17.0. The number of benzene rings is 1. The molecule has 1 atom stereocenters. The summed E-state index contributed by atoms with van der Waals surface area (Å²) in [7, 11) is -3.35. The summed E-state index contributed by atoms with van der Waals surface area (Å²) in [6, 6.07) is 3.46. The average molecular weight is 397 g/mol. The van der Waals surface area contributed by atoms with Gasteiger partial charge in [0.25, 0.3) is 0 Å². The lowest BCUT2D eigenvalue weighted by atomic mass is 10.0. The number of sulfonamides is 1. The summed E-state index contributed by atoms with van der Waals surface area (Å²) in [5.41, 5.74) is 2.38. The van der Waals surface area contributed by atoms with E-state index in [9.17, 15) is 18.3 Å². The topological polar surface area (TPSA) is 105 Å². The van der Waals surface area contributed by atoms with Crippen LogP contribution >= 0.6 is 0 Å². The number of carbonyl (C=O) groups excluding carboxylic acids is 1. The predicted octanol–water partition coefficient (Wildman–Crippen LogP) is 2.55. The van der Waals surface area contributed by atoms with Crippen molar-refractivity contribution in [1.29, 1.82) is 0 Å². The van der Waals surface area contributed by atoms with Crippen molar-refractivity contribution >= 4 is 27.7 Å². The molecule has 1 amide bonds. The smallest absolute Gasteiger partial charge is 0.224 e. The number of rotatable bonds is 7. The Morgan fingerprint density at radius 3 is 2.63 bits per heavy atom. The van der Waals surface area contributed by atoms with E-state index in [0.29, 0.717) is 37.2 Å². The van der Waals surface area contributed by atoms with Crippen LogP contribution in [0.4, 0.5) is 5.69 Å². The van der Waals surface area contributed by atoms with Gasteiger partial charge in [-0.25, -0.2) is 13.1 Å². The number of hydrogen-bond donors (Lipinski definition) is 3. The van der Waals surface area contributed by atoms with Crippen LogP contribution in [-0.2, 0) is 14.8 Å². The summed E-state index contributed by atoms with van der Waals surface area (Å²) in [5, 5.41) is 12.3. The molecule has 3 N–H and O–H groups in total. The first-order valence-electron chi connectivity index (χ1n) is 8.97. The summed E-state index contributed by atoms with van der Waals surface area (Å²) in [5.74, 6) is 0.448. The van der Waals surface area contributed by atoms with Crippen LogP contribution < -0.4 is 14.8 Å². The fourth-order valence-electron chi connectivity index (χ4n) is 2.54. The number of anilines is 1. The number of unbranched alkanes of at least 4 members (excludes halogenated alkanes) is 1. The van der Waals surface area contributed by atoms with Gasteiger partial charge in [-0.1, -0.05) is 0 Å². The Labute approximate surface area is 160 Å². The van der Waals surface area contributed by atoms with E-state index < -0.39 is 21.1 Å². The van der Waals surface area contributed by atoms with E-state index in [4.69, 9.17) is 4.74 Å². The molecule has 27 heavy (non-hydrogen) atoms. The highest BCUT2D eigenvalue weighted by molar-refractivity contribution is 7.90. The van der Waals surface area contributed by atoms with Crippen molar-refractivity contribution in [3.63, 3.8) is 0 Å². The first kappa shape index (κ1) is 21.4. The average Bonchev–Trinajstić information content (AvgIpc) is 2.56. The molecule has 0 spiro atoms. The summed E-state index contributed by atoms with van der Waals surface area (Å²) in [6.07, 6.45) is 3.83. The van der Waals surface area contributed by atoms with E-state index >= 15 is 0 Å². The molecule has 0 radical (unpaired) electrons. The first-order valence-corrected chi connectivity index (χ1v) is 10.5. The molecule has 0 aromatic heterocycles. The third-order valence-corrected chi connectivity index (χ3v) is 6.55. The van der Waals surface area contributed by atoms with Gasteiger partial charge in [0.15, 0.2) is 0 Å². The van der Waals surface area contributed by atoms with E-state index in [1.165, 1.54) is 0 Å². The maximum absolute atomic E-state index is 12.2. The van der Waals surface area contributed by atoms with Crippen LogP contribution in [0.1, 0.15) is 51.2 Å². The summed E-state index contributed by atoms with van der Waals surface area (Å²) >= 11 is 0. The van der Waals surface area contributed by atoms with Crippen LogP contribution in [0, 0.1) is 6.92 Å². The normalized spacial score (nSPS) is 16.6. The second-order valence-corrected chi connectivity index (χ2v) is 10.1. The largest absolute Gasteiger partial charge is 0.461 e. The molecule has 0 unspecified atom stereocenters. The second-order valence-electron chi connectivity index (χ2n) is 7.53. The van der Waals surface area contributed by atoms with Crippen molar-refractivity contribution in [3.8, 4) is 5.75 Å². The fourth-order valence-corrected chi connectivity index (χ4v) is 3.39. The van der Waals surface area contributed by atoms with Crippen molar-refractivity contribution in [3.05, 3.63) is 29.3 Å². The van der Waals surface area contributed by atoms with Crippen molar-refractivity contribution in [2.75, 3.05) is 11.9 Å². The van der Waals surface area contributed by atoms with Crippen molar-refractivity contribution in [1.82, 2.24) is 4.72 Å². The van der Waals surface area contributed by atoms with Gasteiger partial charge in [0.05, 0.1) is 4.75 Å². The first-order chi connectivity index (χ1) is 12.5. The number of carbonyl (C=O) groups is 1. The van der Waals surface area contributed by atoms with Crippen molar-refractivity contribution in [2.24, 2.45) is 0 Å². The molecule has 0 saturated heterocycles. The van der Waals surface area contributed by atoms with Crippen molar-refractivity contribution < 1.29 is 23.1 Å². The Balaban J connectivity index is 1.82. The lowest BCUT2D eigenvalue weighted by molar-refractivity contribution is -0.116. The lowest BCUT2D eigenvalue weighted by Crippen LogP contribution is -2.39. The Kier molecular flexibility index (Phi) is 6.67. The molecule has 0 bridgehead atoms. The van der Waals surface area contributed by atoms with Gasteiger partial charge in [-0.2, -0.15) is 0 Å². The molecule has 150 valence electrons. The van der Waals surface area contributed by atoms with E-state index in [0.717, 1.165) is 11.1 Å². The van der Waals surface area contributed by atoms with E-state index in [2.05, 4.69) is 10.0 Å². The quantitative estimate of drug-likeness (QED) is 0.615. The zero-order chi connectivity index (χ0) is 20.2. The third kappa shape index (κ3) is 5.54. The summed E-state index contributed by atoms with van der Waals surface area (Å²) in [6.45, 7) is 7.12.